The van der Waals surface area contributed by atoms with Crippen LogP contribution in [0, 0.1) is 13.8 Å². The molecule has 0 saturated carbocycles. The quantitative estimate of drug-likeness (QED) is 0.665. The summed E-state index contributed by atoms with van der Waals surface area (Å²) < 4.78 is 9.24. The number of imidazole rings is 1. The maximum atomic E-state index is 13.4. The second kappa shape index (κ2) is 8.89. The van der Waals surface area contributed by atoms with Gasteiger partial charge in [0.1, 0.15) is 17.4 Å². The number of rotatable bonds is 6. The van der Waals surface area contributed by atoms with Crippen LogP contribution in [0.1, 0.15) is 51.9 Å². The lowest BCUT2D eigenvalue weighted by Crippen LogP contribution is -2.39. The Morgan fingerprint density at radius 3 is 2.71 bits per heavy atom. The molecule has 1 amide bonds. The molecule has 1 fully saturated rings. The minimum absolute atomic E-state index is 0.0136. The highest BCUT2D eigenvalue weighted by molar-refractivity contribution is 5.95. The molecule has 1 aliphatic rings. The first kappa shape index (κ1) is 21.1. The number of aromatic nitrogens is 3. The molecule has 7 nitrogen and oxygen atoms in total. The Kier molecular flexibility index (Phi) is 6.04. The van der Waals surface area contributed by atoms with E-state index < -0.39 is 11.9 Å². The molecule has 0 aliphatic carbocycles. The van der Waals surface area contributed by atoms with Crippen molar-refractivity contribution in [3.63, 3.8) is 0 Å². The minimum Gasteiger partial charge on any atom is -0.376 e. The van der Waals surface area contributed by atoms with Crippen LogP contribution in [-0.4, -0.2) is 32.7 Å². The topological polar surface area (TPSA) is 78.2 Å². The third kappa shape index (κ3) is 4.32. The summed E-state index contributed by atoms with van der Waals surface area (Å²) in [4.78, 5) is 31.2. The molecule has 31 heavy (non-hydrogen) atoms. The van der Waals surface area contributed by atoms with Crippen molar-refractivity contribution < 1.29 is 9.53 Å². The minimum atomic E-state index is -0.472. The van der Waals surface area contributed by atoms with E-state index >= 15 is 0 Å². The van der Waals surface area contributed by atoms with Gasteiger partial charge in [0, 0.05) is 31.7 Å². The molecule has 162 valence electrons. The lowest BCUT2D eigenvalue weighted by Gasteiger charge is -2.21. The van der Waals surface area contributed by atoms with Crippen LogP contribution in [0.2, 0.25) is 0 Å². The van der Waals surface area contributed by atoms with Gasteiger partial charge in [-0.05, 0) is 43.9 Å². The maximum Gasteiger partial charge on any atom is 0.263 e. The van der Waals surface area contributed by atoms with E-state index in [0.717, 1.165) is 30.7 Å². The highest BCUT2D eigenvalue weighted by Crippen LogP contribution is 2.21. The van der Waals surface area contributed by atoms with Crippen LogP contribution in [0.4, 0.5) is 0 Å². The number of carbonyl (C=O) groups is 1. The number of hydrogen-bond acceptors (Lipinski definition) is 4. The van der Waals surface area contributed by atoms with Gasteiger partial charge in [-0.2, -0.15) is 0 Å². The zero-order chi connectivity index (χ0) is 22.0. The van der Waals surface area contributed by atoms with Gasteiger partial charge in [0.2, 0.25) is 0 Å². The van der Waals surface area contributed by atoms with E-state index in [-0.39, 0.29) is 17.2 Å². The fraction of sp³-hybridized carbons (Fsp3) is 0.375. The summed E-state index contributed by atoms with van der Waals surface area (Å²) in [5.41, 5.74) is 2.28. The van der Waals surface area contributed by atoms with Gasteiger partial charge >= 0.3 is 0 Å². The lowest BCUT2D eigenvalue weighted by atomic mass is 10.0. The van der Waals surface area contributed by atoms with Crippen molar-refractivity contribution in [1.29, 1.82) is 0 Å². The first-order valence-electron chi connectivity index (χ1n) is 10.6. The van der Waals surface area contributed by atoms with Gasteiger partial charge in [0.25, 0.3) is 11.5 Å². The third-order valence-electron chi connectivity index (χ3n) is 5.87. The van der Waals surface area contributed by atoms with Gasteiger partial charge in [0.15, 0.2) is 0 Å². The summed E-state index contributed by atoms with van der Waals surface area (Å²) in [5, 5.41) is 3.05. The van der Waals surface area contributed by atoms with E-state index in [2.05, 4.69) is 10.3 Å². The molecule has 1 aliphatic heterocycles. The fourth-order valence-electron chi connectivity index (χ4n) is 4.22. The van der Waals surface area contributed by atoms with Gasteiger partial charge in [-0.1, -0.05) is 30.3 Å². The number of carbonyl (C=O) groups excluding carboxylic acids is 1. The number of amides is 1. The third-order valence-corrected chi connectivity index (χ3v) is 5.87. The van der Waals surface area contributed by atoms with Crippen molar-refractivity contribution in [1.82, 2.24) is 19.4 Å². The van der Waals surface area contributed by atoms with E-state index in [4.69, 9.17) is 4.74 Å². The molecule has 1 aromatic carbocycles. The first-order chi connectivity index (χ1) is 15.0. The van der Waals surface area contributed by atoms with E-state index in [1.807, 2.05) is 61.1 Å². The maximum absolute atomic E-state index is 13.4. The van der Waals surface area contributed by atoms with Crippen LogP contribution in [-0.2, 0) is 18.3 Å². The highest BCUT2D eigenvalue weighted by Gasteiger charge is 2.26. The Morgan fingerprint density at radius 2 is 2.06 bits per heavy atom. The number of ether oxygens (including phenoxy) is 1. The fourth-order valence-corrected chi connectivity index (χ4v) is 4.22. The molecule has 7 heteroatoms. The van der Waals surface area contributed by atoms with Crippen LogP contribution in [0.15, 0.2) is 53.6 Å². The molecule has 0 bridgehead atoms. The number of benzene rings is 1. The Hall–Kier alpha value is -3.19. The van der Waals surface area contributed by atoms with E-state index in [1.165, 1.54) is 0 Å². The largest absolute Gasteiger partial charge is 0.376 e. The number of aryl methyl sites for hydroxylation is 3. The average Bonchev–Trinajstić information content (AvgIpc) is 3.41. The molecular formula is C24H28N4O3. The Morgan fingerprint density at radius 1 is 1.29 bits per heavy atom. The summed E-state index contributed by atoms with van der Waals surface area (Å²) >= 11 is 0. The van der Waals surface area contributed by atoms with Crippen molar-refractivity contribution in [2.24, 2.45) is 7.05 Å². The molecule has 0 unspecified atom stereocenters. The van der Waals surface area contributed by atoms with Gasteiger partial charge in [-0.25, -0.2) is 4.98 Å². The van der Waals surface area contributed by atoms with Gasteiger partial charge in [-0.15, -0.1) is 0 Å². The molecule has 2 aromatic heterocycles. The van der Waals surface area contributed by atoms with E-state index in [0.29, 0.717) is 17.9 Å². The summed E-state index contributed by atoms with van der Waals surface area (Å²) in [6.07, 6.45) is 5.47. The summed E-state index contributed by atoms with van der Waals surface area (Å²) in [6, 6.07) is 11.1. The number of nitrogens with one attached hydrogen (secondary N) is 1. The zero-order valence-electron chi connectivity index (χ0n) is 18.2. The molecule has 2 atom stereocenters. The summed E-state index contributed by atoms with van der Waals surface area (Å²) in [5.74, 6) is 0.296. The highest BCUT2D eigenvalue weighted by atomic mass is 16.5. The first-order valence-corrected chi connectivity index (χ1v) is 10.6. The van der Waals surface area contributed by atoms with Gasteiger partial charge < -0.3 is 19.2 Å². The van der Waals surface area contributed by atoms with Gasteiger partial charge in [-0.3, -0.25) is 9.59 Å². The average molecular weight is 421 g/mol. The molecular weight excluding hydrogens is 392 g/mol. The molecule has 3 aromatic rings. The number of hydrogen-bond donors (Lipinski definition) is 1. The normalized spacial score (nSPS) is 16.9. The van der Waals surface area contributed by atoms with Crippen molar-refractivity contribution in [2.75, 3.05) is 6.61 Å². The molecule has 3 heterocycles. The van der Waals surface area contributed by atoms with Crippen LogP contribution in [0.5, 0.6) is 0 Å². The van der Waals surface area contributed by atoms with Crippen molar-refractivity contribution in [2.45, 2.75) is 45.4 Å². The molecule has 1 N–H and O–H groups in total. The van der Waals surface area contributed by atoms with Crippen LogP contribution in [0.25, 0.3) is 0 Å². The number of nitrogens with zero attached hydrogens (tertiary/aromatic N) is 3. The van der Waals surface area contributed by atoms with Crippen molar-refractivity contribution >= 4 is 5.91 Å². The lowest BCUT2D eigenvalue weighted by molar-refractivity contribution is 0.0919. The van der Waals surface area contributed by atoms with Crippen molar-refractivity contribution in [3.8, 4) is 0 Å². The Labute approximate surface area is 181 Å². The monoisotopic (exact) mass is 420 g/mol. The molecule has 0 radical (unpaired) electrons. The predicted molar refractivity (Wildman–Crippen MR) is 118 cm³/mol. The standard InChI is InChI=1S/C24H28N4O3/c1-16-14-17(2)28(15-19-10-7-13-31-19)24(30)20(16)23(29)26-21(18-8-5-4-6-9-18)22-25-11-12-27(22)3/h4-6,8-9,11-12,14,19,21H,7,10,13,15H2,1-3H3,(H,26,29)/t19-,21+/m1/s1. The second-order valence-electron chi connectivity index (χ2n) is 8.11. The summed E-state index contributed by atoms with van der Waals surface area (Å²) in [6.45, 7) is 4.89. The van der Waals surface area contributed by atoms with E-state index in [9.17, 15) is 9.59 Å². The van der Waals surface area contributed by atoms with Gasteiger partial charge in [0.05, 0.1) is 12.6 Å². The Bertz CT molecular complexity index is 1130. The zero-order valence-corrected chi connectivity index (χ0v) is 18.2. The Balaban J connectivity index is 1.69. The summed E-state index contributed by atoms with van der Waals surface area (Å²) in [7, 11) is 1.89. The smallest absolute Gasteiger partial charge is 0.263 e. The predicted octanol–water partition coefficient (Wildman–Crippen LogP) is 2.90. The van der Waals surface area contributed by atoms with Crippen LogP contribution >= 0.6 is 0 Å². The number of pyridine rings is 1. The molecule has 4 rings (SSSR count). The SMILES string of the molecule is Cc1cc(C)n(C[C@H]2CCCO2)c(=O)c1C(=O)N[C@@H](c1ccccc1)c1nccn1C. The van der Waals surface area contributed by atoms with Crippen LogP contribution in [0.3, 0.4) is 0 Å². The second-order valence-corrected chi connectivity index (χ2v) is 8.11. The van der Waals surface area contributed by atoms with E-state index in [1.54, 1.807) is 17.7 Å². The molecule has 1 saturated heterocycles. The van der Waals surface area contributed by atoms with Crippen LogP contribution < -0.4 is 10.9 Å². The molecule has 0 spiro atoms. The van der Waals surface area contributed by atoms with Crippen molar-refractivity contribution in [3.05, 3.63) is 87.4 Å².